The van der Waals surface area contributed by atoms with Gasteiger partial charge in [0.25, 0.3) is 0 Å². The molecule has 2 unspecified atom stereocenters. The topological polar surface area (TPSA) is 133 Å². The van der Waals surface area contributed by atoms with E-state index < -0.39 is 24.0 Å². The van der Waals surface area contributed by atoms with Crippen molar-refractivity contribution in [2.24, 2.45) is 5.73 Å². The second kappa shape index (κ2) is 17.6. The Morgan fingerprint density at radius 3 is 2.14 bits per heavy atom. The van der Waals surface area contributed by atoms with Gasteiger partial charge in [0, 0.05) is 6.61 Å². The maximum Gasteiger partial charge on any atom is 0.320 e. The summed E-state index contributed by atoms with van der Waals surface area (Å²) in [6.07, 6.45) is 3.65. The Morgan fingerprint density at radius 2 is 1.81 bits per heavy atom. The number of thioether (sulfide) groups is 1. The van der Waals surface area contributed by atoms with E-state index >= 15 is 0 Å². The van der Waals surface area contributed by atoms with E-state index in [4.69, 9.17) is 21.1 Å². The van der Waals surface area contributed by atoms with Gasteiger partial charge in [-0.05, 0) is 37.8 Å². The molecule has 0 saturated carbocycles. The van der Waals surface area contributed by atoms with Crippen LogP contribution in [-0.4, -0.2) is 64.5 Å². The molecule has 0 aromatic carbocycles. The predicted molar refractivity (Wildman–Crippen MR) is 90.4 cm³/mol. The van der Waals surface area contributed by atoms with E-state index in [0.717, 1.165) is 12.2 Å². The van der Waals surface area contributed by atoms with Crippen molar-refractivity contribution in [1.82, 2.24) is 5.32 Å². The molecule has 0 saturated heterocycles. The molecule has 9 heteroatoms. The molecule has 0 aliphatic rings. The van der Waals surface area contributed by atoms with Gasteiger partial charge >= 0.3 is 11.9 Å². The Balaban J connectivity index is -0.000000300. The first-order valence-electron chi connectivity index (χ1n) is 6.45. The number of aliphatic hydroxyl groups is 1. The van der Waals surface area contributed by atoms with Crippen LogP contribution in [0.3, 0.4) is 0 Å². The van der Waals surface area contributed by atoms with Gasteiger partial charge in [0.1, 0.15) is 12.1 Å². The van der Waals surface area contributed by atoms with Crippen molar-refractivity contribution < 1.29 is 24.9 Å². The predicted octanol–water partition coefficient (Wildman–Crippen LogP) is 0.0858. The van der Waals surface area contributed by atoms with Gasteiger partial charge in [0.2, 0.25) is 0 Å². The van der Waals surface area contributed by atoms with Crippen LogP contribution >= 0.6 is 25.3 Å². The third kappa shape index (κ3) is 17.5. The Morgan fingerprint density at radius 1 is 1.24 bits per heavy atom. The van der Waals surface area contributed by atoms with Crippen LogP contribution in [-0.2, 0) is 9.59 Å². The third-order valence-electron chi connectivity index (χ3n) is 2.31. The summed E-state index contributed by atoms with van der Waals surface area (Å²) in [5, 5.41) is 28.1. The van der Waals surface area contributed by atoms with E-state index in [0.29, 0.717) is 13.0 Å². The smallest absolute Gasteiger partial charge is 0.320 e. The van der Waals surface area contributed by atoms with Gasteiger partial charge in [-0.2, -0.15) is 25.3 Å². The molecule has 0 aliphatic carbocycles. The molecule has 7 nitrogen and oxygen atoms in total. The van der Waals surface area contributed by atoms with Crippen LogP contribution in [0.15, 0.2) is 0 Å². The van der Waals surface area contributed by atoms with Gasteiger partial charge in [-0.1, -0.05) is 6.92 Å². The first-order valence-corrected chi connectivity index (χ1v) is 7.84. The van der Waals surface area contributed by atoms with E-state index in [-0.39, 0.29) is 26.5 Å². The fourth-order valence-corrected chi connectivity index (χ4v) is 1.62. The molecule has 128 valence electrons. The van der Waals surface area contributed by atoms with E-state index in [1.807, 2.05) is 13.2 Å². The van der Waals surface area contributed by atoms with E-state index in [2.05, 4.69) is 5.32 Å². The van der Waals surface area contributed by atoms with E-state index in [1.54, 1.807) is 11.8 Å². The van der Waals surface area contributed by atoms with Crippen LogP contribution in [0.5, 0.6) is 0 Å². The van der Waals surface area contributed by atoms with Gasteiger partial charge in [-0.15, -0.1) is 0 Å². The van der Waals surface area contributed by atoms with Gasteiger partial charge in [-0.3, -0.25) is 9.59 Å². The van der Waals surface area contributed by atoms with Crippen LogP contribution < -0.4 is 11.1 Å². The van der Waals surface area contributed by atoms with Crippen LogP contribution in [0.4, 0.5) is 0 Å². The second-order valence-electron chi connectivity index (χ2n) is 4.08. The quantitative estimate of drug-likeness (QED) is 0.376. The Hall–Kier alpha value is -0.480. The average Bonchev–Trinajstić information content (AvgIpc) is 2.41. The lowest BCUT2D eigenvalue weighted by Crippen LogP contribution is -2.37. The molecule has 6 N–H and O–H groups in total. The molecule has 0 aliphatic heterocycles. The summed E-state index contributed by atoms with van der Waals surface area (Å²) in [6, 6.07) is -1.28. The highest BCUT2D eigenvalue weighted by Gasteiger charge is 2.14. The fourth-order valence-electron chi connectivity index (χ4n) is 1.13. The molecule has 0 rings (SSSR count). The molecule has 0 amide bonds. The zero-order valence-electron chi connectivity index (χ0n) is 12.5. The molecular formula is C12H28N2O5S2. The standard InChI is InChI=1S/C7H15NO3.C5H11NO2S.H2S/c1-2-4-8-6(3-5-9)7(10)11;1-9-3-2-4(6)5(7)8;/h6,8-9H,2-5H2,1H3,(H,10,11);4H,2-3,6H2,1H3,(H,7,8);1H2. The zero-order valence-corrected chi connectivity index (χ0v) is 14.4. The van der Waals surface area contributed by atoms with Crippen LogP contribution in [0.2, 0.25) is 0 Å². The molecule has 21 heavy (non-hydrogen) atoms. The highest BCUT2D eigenvalue weighted by molar-refractivity contribution is 7.98. The molecule has 0 aromatic rings. The van der Waals surface area contributed by atoms with Crippen LogP contribution in [0.25, 0.3) is 0 Å². The summed E-state index contributed by atoms with van der Waals surface area (Å²) in [5.41, 5.74) is 5.19. The van der Waals surface area contributed by atoms with Crippen molar-refractivity contribution in [3.63, 3.8) is 0 Å². The Kier molecular flexibility index (Phi) is 21.3. The highest BCUT2D eigenvalue weighted by Crippen LogP contribution is 1.97. The molecule has 0 radical (unpaired) electrons. The third-order valence-corrected chi connectivity index (χ3v) is 2.95. The minimum absolute atomic E-state index is 0. The van der Waals surface area contributed by atoms with Gasteiger partial charge in [0.15, 0.2) is 0 Å². The van der Waals surface area contributed by atoms with Crippen molar-refractivity contribution >= 4 is 37.2 Å². The lowest BCUT2D eigenvalue weighted by atomic mass is 10.2. The van der Waals surface area contributed by atoms with Crippen LogP contribution in [0.1, 0.15) is 26.2 Å². The Labute approximate surface area is 137 Å². The monoisotopic (exact) mass is 344 g/mol. The average molecular weight is 344 g/mol. The number of hydrogen-bond acceptors (Lipinski definition) is 6. The SMILES string of the molecule is CCCNC(CCO)C(=O)O.CSCCC(N)C(=O)O.S. The molecule has 2 atom stereocenters. The lowest BCUT2D eigenvalue weighted by Gasteiger charge is -2.11. The number of hydrogen-bond donors (Lipinski definition) is 5. The van der Waals surface area contributed by atoms with Crippen molar-refractivity contribution in [3.05, 3.63) is 0 Å². The summed E-state index contributed by atoms with van der Waals surface area (Å²) >= 11 is 1.60. The summed E-state index contributed by atoms with van der Waals surface area (Å²) in [6.45, 7) is 2.55. The van der Waals surface area contributed by atoms with Crippen molar-refractivity contribution in [1.29, 1.82) is 0 Å². The number of nitrogens with one attached hydrogen (secondary N) is 1. The van der Waals surface area contributed by atoms with Gasteiger partial charge in [0.05, 0.1) is 0 Å². The summed E-state index contributed by atoms with van der Waals surface area (Å²) in [5.74, 6) is -0.996. The summed E-state index contributed by atoms with van der Waals surface area (Å²) < 4.78 is 0. The maximum absolute atomic E-state index is 10.4. The Bertz CT molecular complexity index is 270. The number of carboxylic acid groups (broad SMARTS) is 2. The number of rotatable bonds is 10. The fraction of sp³-hybridized carbons (Fsp3) is 0.833. The number of carbonyl (C=O) groups is 2. The minimum atomic E-state index is -0.913. The normalized spacial score (nSPS) is 12.4. The number of aliphatic hydroxyl groups excluding tert-OH is 1. The first kappa shape index (κ1) is 25.5. The molecule has 0 heterocycles. The summed E-state index contributed by atoms with van der Waals surface area (Å²) in [7, 11) is 0. The van der Waals surface area contributed by atoms with Gasteiger partial charge < -0.3 is 26.4 Å². The first-order chi connectivity index (χ1) is 9.40. The molecule has 0 spiro atoms. The largest absolute Gasteiger partial charge is 0.480 e. The van der Waals surface area contributed by atoms with E-state index in [9.17, 15) is 9.59 Å². The molecule has 0 aromatic heterocycles. The lowest BCUT2D eigenvalue weighted by molar-refractivity contribution is -0.140. The van der Waals surface area contributed by atoms with Crippen LogP contribution in [0, 0.1) is 0 Å². The second-order valence-corrected chi connectivity index (χ2v) is 5.07. The zero-order chi connectivity index (χ0) is 16.0. The molecule has 0 bridgehead atoms. The van der Waals surface area contributed by atoms with Crippen molar-refractivity contribution in [2.75, 3.05) is 25.2 Å². The highest BCUT2D eigenvalue weighted by atomic mass is 32.2. The van der Waals surface area contributed by atoms with E-state index in [1.165, 1.54) is 0 Å². The van der Waals surface area contributed by atoms with Crippen molar-refractivity contribution in [2.45, 2.75) is 38.3 Å². The maximum atomic E-state index is 10.4. The minimum Gasteiger partial charge on any atom is -0.480 e. The summed E-state index contributed by atoms with van der Waals surface area (Å²) in [4.78, 5) is 20.5. The number of nitrogens with two attached hydrogens (primary N) is 1. The molecular weight excluding hydrogens is 316 g/mol. The van der Waals surface area contributed by atoms with Gasteiger partial charge in [-0.25, -0.2) is 0 Å². The number of aliphatic carboxylic acids is 2. The number of carboxylic acids is 2. The molecule has 0 fully saturated rings. The van der Waals surface area contributed by atoms with Crippen molar-refractivity contribution in [3.8, 4) is 0 Å².